The molecule has 0 amide bonds. The number of ether oxygens (including phenoxy) is 1. The number of fused-ring (bicyclic) bond motifs is 3. The minimum Gasteiger partial charge on any atom is -0.394 e. The van der Waals surface area contributed by atoms with E-state index in [1.54, 1.807) is 10.7 Å². The smallest absolute Gasteiger partial charge is 0.191 e. The summed E-state index contributed by atoms with van der Waals surface area (Å²) in [5.74, 6) is 0.775. The van der Waals surface area contributed by atoms with Gasteiger partial charge in [0.05, 0.1) is 12.9 Å². The van der Waals surface area contributed by atoms with Gasteiger partial charge in [0.2, 0.25) is 0 Å². The molecule has 0 aromatic carbocycles. The molecule has 0 aliphatic carbocycles. The van der Waals surface area contributed by atoms with Crippen molar-refractivity contribution in [3.05, 3.63) is 18.5 Å². The highest BCUT2D eigenvalue weighted by Gasteiger charge is 2.44. The molecular weight excluding hydrogens is 304 g/mol. The van der Waals surface area contributed by atoms with Gasteiger partial charge in [0, 0.05) is 6.42 Å². The normalized spacial score (nSPS) is 28.2. The zero-order valence-electron chi connectivity index (χ0n) is 12.3. The van der Waals surface area contributed by atoms with Crippen LogP contribution in [0.4, 0.5) is 0 Å². The van der Waals surface area contributed by atoms with Crippen molar-refractivity contribution in [2.24, 2.45) is 0 Å². The number of nitrogens with zero attached hydrogens (tertiary/aromatic N) is 6. The number of aliphatic hydroxyl groups is 3. The van der Waals surface area contributed by atoms with Gasteiger partial charge in [-0.1, -0.05) is 6.92 Å². The Morgan fingerprint density at radius 2 is 1.96 bits per heavy atom. The molecular formula is C13H16N6O4. The molecule has 0 unspecified atom stereocenters. The minimum absolute atomic E-state index is 0.386. The first kappa shape index (κ1) is 14.5. The Hall–Kier alpha value is -2.14. The predicted octanol–water partition coefficient (Wildman–Crippen LogP) is -1.35. The van der Waals surface area contributed by atoms with E-state index in [1.807, 2.05) is 6.92 Å². The van der Waals surface area contributed by atoms with E-state index in [0.717, 1.165) is 5.82 Å². The van der Waals surface area contributed by atoms with Gasteiger partial charge in [-0.05, 0) is 0 Å². The summed E-state index contributed by atoms with van der Waals surface area (Å²) in [5, 5.41) is 37.5. The van der Waals surface area contributed by atoms with Crippen molar-refractivity contribution in [3.8, 4) is 0 Å². The molecule has 10 heteroatoms. The minimum atomic E-state index is -1.19. The third kappa shape index (κ3) is 1.96. The maximum absolute atomic E-state index is 10.2. The van der Waals surface area contributed by atoms with Crippen molar-refractivity contribution in [2.75, 3.05) is 6.61 Å². The quantitative estimate of drug-likeness (QED) is 0.540. The fourth-order valence-corrected chi connectivity index (χ4v) is 2.90. The number of hydrogen-bond acceptors (Lipinski definition) is 8. The van der Waals surface area contributed by atoms with E-state index in [0.29, 0.717) is 23.2 Å². The lowest BCUT2D eigenvalue weighted by Crippen LogP contribution is -2.33. The Morgan fingerprint density at radius 1 is 1.13 bits per heavy atom. The Bertz CT molecular complexity index is 861. The van der Waals surface area contributed by atoms with E-state index in [9.17, 15) is 15.3 Å². The molecule has 23 heavy (non-hydrogen) atoms. The molecule has 1 fully saturated rings. The Morgan fingerprint density at radius 3 is 2.65 bits per heavy atom. The molecule has 1 aliphatic heterocycles. The third-order valence-corrected chi connectivity index (χ3v) is 4.15. The van der Waals surface area contributed by atoms with E-state index in [2.05, 4.69) is 20.2 Å². The number of rotatable bonds is 3. The summed E-state index contributed by atoms with van der Waals surface area (Å²) in [6.07, 6.45) is -0.317. The van der Waals surface area contributed by atoms with Crippen LogP contribution in [-0.4, -0.2) is 69.4 Å². The molecule has 1 aliphatic rings. The molecule has 3 N–H and O–H groups in total. The van der Waals surface area contributed by atoms with Crippen molar-refractivity contribution >= 4 is 16.8 Å². The largest absolute Gasteiger partial charge is 0.394 e. The Labute approximate surface area is 130 Å². The molecule has 4 heterocycles. The van der Waals surface area contributed by atoms with Gasteiger partial charge in [-0.25, -0.2) is 9.97 Å². The van der Waals surface area contributed by atoms with Crippen LogP contribution in [-0.2, 0) is 11.2 Å². The van der Waals surface area contributed by atoms with E-state index in [1.165, 1.54) is 10.9 Å². The Kier molecular flexibility index (Phi) is 3.27. The summed E-state index contributed by atoms with van der Waals surface area (Å²) in [6, 6.07) is 0. The van der Waals surface area contributed by atoms with E-state index in [-0.39, 0.29) is 6.61 Å². The molecule has 4 atom stereocenters. The van der Waals surface area contributed by atoms with Crippen LogP contribution in [0.2, 0.25) is 0 Å². The summed E-state index contributed by atoms with van der Waals surface area (Å²) < 4.78 is 8.80. The number of aryl methyl sites for hydroxylation is 1. The summed E-state index contributed by atoms with van der Waals surface area (Å²) in [6.45, 7) is 1.58. The lowest BCUT2D eigenvalue weighted by molar-refractivity contribution is -0.0511. The first-order valence-corrected chi connectivity index (χ1v) is 7.33. The average molecular weight is 320 g/mol. The zero-order valence-corrected chi connectivity index (χ0v) is 12.3. The van der Waals surface area contributed by atoms with Crippen LogP contribution in [0.1, 0.15) is 19.0 Å². The molecule has 1 saturated heterocycles. The average Bonchev–Trinajstić information content (AvgIpc) is 3.23. The van der Waals surface area contributed by atoms with Crippen LogP contribution < -0.4 is 0 Å². The second-order valence-corrected chi connectivity index (χ2v) is 5.46. The molecule has 3 aromatic heterocycles. The van der Waals surface area contributed by atoms with E-state index in [4.69, 9.17) is 4.74 Å². The summed E-state index contributed by atoms with van der Waals surface area (Å²) in [5.41, 5.74) is 1.55. The standard InChI is InChI=1S/C13H16N6O4/c1-2-7-16-17-12-8-11(15-5-18(7)12)19(4-14-8)13-10(22)9(21)6(3-20)23-13/h4-6,9-10,13,20-22H,2-3H2,1H3/t6-,9-,10-,13-/m1/s1. The molecule has 0 saturated carbocycles. The molecule has 10 nitrogen and oxygen atoms in total. The molecule has 0 radical (unpaired) electrons. The van der Waals surface area contributed by atoms with Crippen LogP contribution in [0.25, 0.3) is 16.8 Å². The number of hydrogen-bond donors (Lipinski definition) is 3. The molecule has 0 bridgehead atoms. The molecule has 3 aromatic rings. The topological polar surface area (TPSA) is 131 Å². The van der Waals surface area contributed by atoms with Crippen molar-refractivity contribution < 1.29 is 20.1 Å². The second kappa shape index (κ2) is 5.20. The number of imidazole rings is 1. The SMILES string of the molecule is CCc1nnc2c3ncn([C@@H]4O[C@H](CO)[C@@H](O)[C@H]4O)c3ncn12. The Balaban J connectivity index is 1.83. The summed E-state index contributed by atoms with van der Waals surface area (Å²) in [4.78, 5) is 8.64. The van der Waals surface area contributed by atoms with E-state index >= 15 is 0 Å². The van der Waals surface area contributed by atoms with Crippen molar-refractivity contribution in [1.82, 2.24) is 29.1 Å². The van der Waals surface area contributed by atoms with Gasteiger partial charge in [0.1, 0.15) is 30.5 Å². The van der Waals surface area contributed by atoms with Crippen molar-refractivity contribution in [2.45, 2.75) is 37.9 Å². The van der Waals surface area contributed by atoms with Crippen molar-refractivity contribution in [3.63, 3.8) is 0 Å². The van der Waals surface area contributed by atoms with Crippen LogP contribution in [0.5, 0.6) is 0 Å². The number of aliphatic hydroxyl groups excluding tert-OH is 3. The van der Waals surface area contributed by atoms with Gasteiger partial charge in [0.15, 0.2) is 23.0 Å². The maximum atomic E-state index is 10.2. The van der Waals surface area contributed by atoms with Crippen LogP contribution >= 0.6 is 0 Å². The third-order valence-electron chi connectivity index (χ3n) is 4.15. The first-order valence-electron chi connectivity index (χ1n) is 7.33. The molecule has 0 spiro atoms. The fraction of sp³-hybridized carbons (Fsp3) is 0.538. The van der Waals surface area contributed by atoms with Crippen LogP contribution in [0, 0.1) is 0 Å². The highest BCUT2D eigenvalue weighted by Crippen LogP contribution is 2.31. The van der Waals surface area contributed by atoms with Crippen LogP contribution in [0.3, 0.4) is 0 Å². The summed E-state index contributed by atoms with van der Waals surface area (Å²) >= 11 is 0. The van der Waals surface area contributed by atoms with Gasteiger partial charge in [-0.2, -0.15) is 0 Å². The predicted molar refractivity (Wildman–Crippen MR) is 76.5 cm³/mol. The van der Waals surface area contributed by atoms with Gasteiger partial charge >= 0.3 is 0 Å². The van der Waals surface area contributed by atoms with Gasteiger partial charge < -0.3 is 20.1 Å². The molecule has 122 valence electrons. The van der Waals surface area contributed by atoms with Crippen LogP contribution in [0.15, 0.2) is 12.7 Å². The van der Waals surface area contributed by atoms with Gasteiger partial charge in [-0.3, -0.25) is 8.97 Å². The first-order chi connectivity index (χ1) is 11.2. The lowest BCUT2D eigenvalue weighted by Gasteiger charge is -2.16. The fourth-order valence-electron chi connectivity index (χ4n) is 2.90. The van der Waals surface area contributed by atoms with Crippen molar-refractivity contribution in [1.29, 1.82) is 0 Å². The summed E-state index contributed by atoms with van der Waals surface area (Å²) in [7, 11) is 0. The highest BCUT2D eigenvalue weighted by molar-refractivity contribution is 5.85. The zero-order chi connectivity index (χ0) is 16.1. The number of aromatic nitrogens is 6. The van der Waals surface area contributed by atoms with Gasteiger partial charge in [0.25, 0.3) is 0 Å². The maximum Gasteiger partial charge on any atom is 0.191 e. The lowest BCUT2D eigenvalue weighted by atomic mass is 10.1. The monoisotopic (exact) mass is 320 g/mol. The highest BCUT2D eigenvalue weighted by atomic mass is 16.6. The molecule has 4 rings (SSSR count). The second-order valence-electron chi connectivity index (χ2n) is 5.46. The van der Waals surface area contributed by atoms with E-state index < -0.39 is 24.5 Å². The van der Waals surface area contributed by atoms with Gasteiger partial charge in [-0.15, -0.1) is 10.2 Å².